The van der Waals surface area contributed by atoms with Crippen LogP contribution >= 0.6 is 0 Å². The molecule has 0 fully saturated rings. The number of carbonyl (C=O) groups is 1. The van der Waals surface area contributed by atoms with Gasteiger partial charge in [-0.3, -0.25) is 0 Å². The molecule has 0 aliphatic heterocycles. The van der Waals surface area contributed by atoms with Gasteiger partial charge in [0.2, 0.25) is 0 Å². The third-order valence-electron chi connectivity index (χ3n) is 2.44. The zero-order valence-corrected chi connectivity index (χ0v) is 10.1. The first-order chi connectivity index (χ1) is 8.56. The van der Waals surface area contributed by atoms with Gasteiger partial charge in [0, 0.05) is 6.07 Å². The van der Waals surface area contributed by atoms with Crippen LogP contribution in [0, 0.1) is 13.8 Å². The number of nitrogens with zero attached hydrogens (tertiary/aromatic N) is 2. The minimum Gasteiger partial charge on any atom is -0.478 e. The third kappa shape index (κ3) is 2.65. The van der Waals surface area contributed by atoms with Gasteiger partial charge < -0.3 is 14.9 Å². The molecule has 2 heterocycles. The van der Waals surface area contributed by atoms with Gasteiger partial charge in [0.1, 0.15) is 17.3 Å². The minimum absolute atomic E-state index is 0.206. The van der Waals surface area contributed by atoms with Crippen LogP contribution in [0.1, 0.15) is 27.5 Å². The zero-order valence-electron chi connectivity index (χ0n) is 10.1. The molecule has 2 rings (SSSR count). The average Bonchev–Trinajstić information content (AvgIpc) is 2.72. The van der Waals surface area contributed by atoms with E-state index < -0.39 is 5.97 Å². The highest BCUT2D eigenvalue weighted by atomic mass is 16.5. The highest BCUT2D eigenvalue weighted by Crippen LogP contribution is 2.12. The van der Waals surface area contributed by atoms with Crippen molar-refractivity contribution in [2.75, 3.05) is 5.32 Å². The second-order valence-electron chi connectivity index (χ2n) is 3.92. The molecule has 0 spiro atoms. The molecule has 0 saturated heterocycles. The van der Waals surface area contributed by atoms with Crippen LogP contribution in [0.15, 0.2) is 22.7 Å². The summed E-state index contributed by atoms with van der Waals surface area (Å²) in [5.41, 5.74) is 1.45. The van der Waals surface area contributed by atoms with Gasteiger partial charge in [0.05, 0.1) is 17.8 Å². The number of hydrogen-bond donors (Lipinski definition) is 2. The smallest absolute Gasteiger partial charge is 0.337 e. The molecule has 6 nitrogen and oxygen atoms in total. The fraction of sp³-hybridized carbons (Fsp3) is 0.250. The molecule has 0 aliphatic carbocycles. The van der Waals surface area contributed by atoms with Gasteiger partial charge in [-0.05, 0) is 26.0 Å². The predicted octanol–water partition coefficient (Wildman–Crippen LogP) is 2.00. The number of aryl methyl sites for hydroxylation is 2. The molecule has 6 heteroatoms. The molecule has 0 atom stereocenters. The predicted molar refractivity (Wildman–Crippen MR) is 64.5 cm³/mol. The van der Waals surface area contributed by atoms with Gasteiger partial charge in [-0.25, -0.2) is 9.78 Å². The van der Waals surface area contributed by atoms with E-state index in [4.69, 9.17) is 9.63 Å². The van der Waals surface area contributed by atoms with Crippen LogP contribution < -0.4 is 5.32 Å². The number of rotatable bonds is 4. The van der Waals surface area contributed by atoms with E-state index in [0.717, 1.165) is 11.5 Å². The van der Waals surface area contributed by atoms with Crippen LogP contribution in [0.4, 0.5) is 5.82 Å². The molecule has 2 aromatic rings. The van der Waals surface area contributed by atoms with Crippen molar-refractivity contribution in [1.29, 1.82) is 0 Å². The summed E-state index contributed by atoms with van der Waals surface area (Å²) in [7, 11) is 0. The van der Waals surface area contributed by atoms with E-state index in [9.17, 15) is 4.79 Å². The fourth-order valence-electron chi connectivity index (χ4n) is 1.57. The first-order valence-corrected chi connectivity index (χ1v) is 5.43. The maximum Gasteiger partial charge on any atom is 0.337 e. The second kappa shape index (κ2) is 4.87. The van der Waals surface area contributed by atoms with Gasteiger partial charge in [0.15, 0.2) is 0 Å². The van der Waals surface area contributed by atoms with Crippen LogP contribution in [-0.2, 0) is 6.54 Å². The van der Waals surface area contributed by atoms with Gasteiger partial charge >= 0.3 is 5.97 Å². The lowest BCUT2D eigenvalue weighted by molar-refractivity contribution is 0.0695. The largest absolute Gasteiger partial charge is 0.478 e. The topological polar surface area (TPSA) is 88.2 Å². The van der Waals surface area contributed by atoms with E-state index in [0.29, 0.717) is 18.1 Å². The SMILES string of the molecule is Cc1cc(CNc2ccc(C(=O)O)c(C)n2)no1. The number of carboxylic acids is 1. The fourth-order valence-corrected chi connectivity index (χ4v) is 1.57. The Bertz CT molecular complexity index is 578. The van der Waals surface area contributed by atoms with Crippen molar-refractivity contribution in [3.8, 4) is 0 Å². The lowest BCUT2D eigenvalue weighted by atomic mass is 10.2. The van der Waals surface area contributed by atoms with Crippen LogP contribution in [0.3, 0.4) is 0 Å². The molecule has 2 N–H and O–H groups in total. The highest BCUT2D eigenvalue weighted by molar-refractivity contribution is 5.89. The van der Waals surface area contributed by atoms with E-state index in [-0.39, 0.29) is 5.56 Å². The lowest BCUT2D eigenvalue weighted by Crippen LogP contribution is -2.06. The number of pyridine rings is 1. The molecule has 0 amide bonds. The van der Waals surface area contributed by atoms with Gasteiger partial charge in [-0.2, -0.15) is 0 Å². The quantitative estimate of drug-likeness (QED) is 0.859. The number of aromatic nitrogens is 2. The molecule has 94 valence electrons. The number of anilines is 1. The lowest BCUT2D eigenvalue weighted by Gasteiger charge is -2.05. The van der Waals surface area contributed by atoms with E-state index in [1.54, 1.807) is 13.0 Å². The van der Waals surface area contributed by atoms with Crippen LogP contribution in [0.25, 0.3) is 0 Å². The van der Waals surface area contributed by atoms with Gasteiger partial charge in [-0.1, -0.05) is 5.16 Å². The standard InChI is InChI=1S/C12H13N3O3/c1-7-5-9(15-18-7)6-13-11-4-3-10(12(16)17)8(2)14-11/h3-5H,6H2,1-2H3,(H,13,14)(H,16,17). The van der Waals surface area contributed by atoms with Crippen molar-refractivity contribution in [3.63, 3.8) is 0 Å². The third-order valence-corrected chi connectivity index (χ3v) is 2.44. The Morgan fingerprint density at radius 2 is 2.22 bits per heavy atom. The molecule has 0 unspecified atom stereocenters. The number of carboxylic acid groups (broad SMARTS) is 1. The van der Waals surface area contributed by atoms with Crippen LogP contribution in [0.5, 0.6) is 0 Å². The Balaban J connectivity index is 2.06. The number of hydrogen-bond acceptors (Lipinski definition) is 5. The first kappa shape index (κ1) is 12.1. The summed E-state index contributed by atoms with van der Waals surface area (Å²) in [4.78, 5) is 15.0. The highest BCUT2D eigenvalue weighted by Gasteiger charge is 2.08. The molecule has 2 aromatic heterocycles. The molecule has 0 saturated carbocycles. The molecule has 0 radical (unpaired) electrons. The van der Waals surface area contributed by atoms with E-state index in [1.807, 2.05) is 13.0 Å². The maximum atomic E-state index is 10.8. The molecule has 18 heavy (non-hydrogen) atoms. The van der Waals surface area contributed by atoms with E-state index in [2.05, 4.69) is 15.5 Å². The molecular formula is C12H13N3O3. The Morgan fingerprint density at radius 3 is 2.78 bits per heavy atom. The summed E-state index contributed by atoms with van der Waals surface area (Å²) in [5.74, 6) is 0.383. The van der Waals surface area contributed by atoms with E-state index >= 15 is 0 Å². The summed E-state index contributed by atoms with van der Waals surface area (Å²) in [6, 6.07) is 4.98. The van der Waals surface area contributed by atoms with Crippen molar-refractivity contribution >= 4 is 11.8 Å². The van der Waals surface area contributed by atoms with E-state index in [1.165, 1.54) is 6.07 Å². The second-order valence-corrected chi connectivity index (χ2v) is 3.92. The van der Waals surface area contributed by atoms with Gasteiger partial charge in [-0.15, -0.1) is 0 Å². The summed E-state index contributed by atoms with van der Waals surface area (Å²) in [6.07, 6.45) is 0. The molecule has 0 bridgehead atoms. The van der Waals surface area contributed by atoms with Crippen LogP contribution in [0.2, 0.25) is 0 Å². The monoisotopic (exact) mass is 247 g/mol. The Kier molecular flexibility index (Phi) is 3.27. The normalized spacial score (nSPS) is 10.3. The summed E-state index contributed by atoms with van der Waals surface area (Å²) >= 11 is 0. The van der Waals surface area contributed by atoms with Crippen molar-refractivity contribution in [1.82, 2.24) is 10.1 Å². The molecular weight excluding hydrogens is 234 g/mol. The zero-order chi connectivity index (χ0) is 13.1. The Hall–Kier alpha value is -2.37. The van der Waals surface area contributed by atoms with Gasteiger partial charge in [0.25, 0.3) is 0 Å². The molecule has 0 aromatic carbocycles. The molecule has 0 aliphatic rings. The summed E-state index contributed by atoms with van der Waals surface area (Å²) in [5, 5.41) is 15.8. The van der Waals surface area contributed by atoms with Crippen molar-refractivity contribution < 1.29 is 14.4 Å². The average molecular weight is 247 g/mol. The van der Waals surface area contributed by atoms with Crippen LogP contribution in [-0.4, -0.2) is 21.2 Å². The number of nitrogens with one attached hydrogen (secondary N) is 1. The number of aromatic carboxylic acids is 1. The minimum atomic E-state index is -0.973. The summed E-state index contributed by atoms with van der Waals surface area (Å²) in [6.45, 7) is 3.96. The Morgan fingerprint density at radius 1 is 1.44 bits per heavy atom. The van der Waals surface area contributed by atoms with Crippen molar-refractivity contribution in [3.05, 3.63) is 40.9 Å². The summed E-state index contributed by atoms with van der Waals surface area (Å²) < 4.78 is 4.94. The van der Waals surface area contributed by atoms with Crippen molar-refractivity contribution in [2.45, 2.75) is 20.4 Å². The maximum absolute atomic E-state index is 10.8. The first-order valence-electron chi connectivity index (χ1n) is 5.43. The van der Waals surface area contributed by atoms with Crippen molar-refractivity contribution in [2.24, 2.45) is 0 Å². The Labute approximate surface area is 104 Å².